The zero-order chi connectivity index (χ0) is 13.7. The quantitative estimate of drug-likeness (QED) is 0.771. The first-order chi connectivity index (χ1) is 7.56. The van der Waals surface area contributed by atoms with Crippen LogP contribution in [0.25, 0.3) is 0 Å². The van der Waals surface area contributed by atoms with Crippen LogP contribution >= 0.6 is 0 Å². The van der Waals surface area contributed by atoms with E-state index in [1.165, 1.54) is 0 Å². The Morgan fingerprint density at radius 1 is 1.06 bits per heavy atom. The summed E-state index contributed by atoms with van der Waals surface area (Å²) in [5.74, 6) is -0.470. The second-order valence-electron chi connectivity index (χ2n) is 5.44. The standard InChI is InChI=1S/C12H23NO4/c1-7-12(5,6)16-9(14)8-13-10(15)17-11(2,3)4/h7-8H2,1-6H3,(H,13,15). The molecule has 0 aromatic carbocycles. The molecule has 0 atom stereocenters. The van der Waals surface area contributed by atoms with Gasteiger partial charge in [-0.25, -0.2) is 4.79 Å². The number of alkyl carbamates (subject to hydrolysis) is 1. The van der Waals surface area contributed by atoms with Crippen molar-refractivity contribution in [3.05, 3.63) is 0 Å². The van der Waals surface area contributed by atoms with Gasteiger partial charge in [-0.15, -0.1) is 0 Å². The minimum Gasteiger partial charge on any atom is -0.458 e. The third-order valence-electron chi connectivity index (χ3n) is 2.02. The van der Waals surface area contributed by atoms with E-state index in [4.69, 9.17) is 9.47 Å². The maximum atomic E-state index is 11.4. The fourth-order valence-electron chi connectivity index (χ4n) is 0.875. The van der Waals surface area contributed by atoms with Crippen LogP contribution in [-0.4, -0.2) is 29.8 Å². The van der Waals surface area contributed by atoms with Crippen molar-refractivity contribution in [2.75, 3.05) is 6.54 Å². The van der Waals surface area contributed by atoms with Crippen molar-refractivity contribution in [2.45, 2.75) is 59.2 Å². The highest BCUT2D eigenvalue weighted by atomic mass is 16.6. The predicted octanol–water partition coefficient (Wildman–Crippen LogP) is 2.24. The Balaban J connectivity index is 3.97. The van der Waals surface area contributed by atoms with Crippen LogP contribution < -0.4 is 5.32 Å². The summed E-state index contributed by atoms with van der Waals surface area (Å²) in [6.07, 6.45) is 0.0919. The van der Waals surface area contributed by atoms with Crippen LogP contribution in [0, 0.1) is 0 Å². The molecule has 0 heterocycles. The molecule has 0 radical (unpaired) electrons. The fraction of sp³-hybridized carbons (Fsp3) is 0.833. The van der Waals surface area contributed by atoms with Crippen LogP contribution in [-0.2, 0) is 14.3 Å². The molecular formula is C12H23NO4. The maximum Gasteiger partial charge on any atom is 0.408 e. The first-order valence-corrected chi connectivity index (χ1v) is 5.74. The predicted molar refractivity (Wildman–Crippen MR) is 64.7 cm³/mol. The van der Waals surface area contributed by atoms with Crippen molar-refractivity contribution >= 4 is 12.1 Å². The van der Waals surface area contributed by atoms with Gasteiger partial charge in [0.05, 0.1) is 0 Å². The lowest BCUT2D eigenvalue weighted by atomic mass is 10.1. The first-order valence-electron chi connectivity index (χ1n) is 5.74. The van der Waals surface area contributed by atoms with E-state index in [9.17, 15) is 9.59 Å². The van der Waals surface area contributed by atoms with Gasteiger partial charge in [0.1, 0.15) is 17.7 Å². The fourth-order valence-corrected chi connectivity index (χ4v) is 0.875. The molecule has 0 spiro atoms. The molecule has 17 heavy (non-hydrogen) atoms. The number of ether oxygens (including phenoxy) is 2. The van der Waals surface area contributed by atoms with Gasteiger partial charge in [-0.3, -0.25) is 4.79 Å². The molecule has 0 aromatic heterocycles. The topological polar surface area (TPSA) is 64.6 Å². The number of carbonyl (C=O) groups excluding carboxylic acids is 2. The van der Waals surface area contributed by atoms with Crippen LogP contribution in [0.4, 0.5) is 4.79 Å². The molecule has 5 heteroatoms. The number of esters is 1. The minimum atomic E-state index is -0.622. The lowest BCUT2D eigenvalue weighted by molar-refractivity contribution is -0.155. The SMILES string of the molecule is CCC(C)(C)OC(=O)CNC(=O)OC(C)(C)C. The molecule has 0 rings (SSSR count). The Hall–Kier alpha value is -1.26. The second-order valence-corrected chi connectivity index (χ2v) is 5.44. The van der Waals surface area contributed by atoms with Gasteiger partial charge >= 0.3 is 12.1 Å². The molecule has 0 bridgehead atoms. The molecular weight excluding hydrogens is 222 g/mol. The Morgan fingerprint density at radius 2 is 1.59 bits per heavy atom. The summed E-state index contributed by atoms with van der Waals surface area (Å²) in [6, 6.07) is 0. The maximum absolute atomic E-state index is 11.4. The van der Waals surface area contributed by atoms with Crippen molar-refractivity contribution in [1.82, 2.24) is 5.32 Å². The van der Waals surface area contributed by atoms with Gasteiger partial charge in [0.2, 0.25) is 0 Å². The Morgan fingerprint density at radius 3 is 2.00 bits per heavy atom. The van der Waals surface area contributed by atoms with Crippen molar-refractivity contribution in [2.24, 2.45) is 0 Å². The number of hydrogen-bond donors (Lipinski definition) is 1. The number of amides is 1. The molecule has 0 saturated heterocycles. The summed E-state index contributed by atoms with van der Waals surface area (Å²) in [5, 5.41) is 2.35. The Bertz CT molecular complexity index is 279. The summed E-state index contributed by atoms with van der Waals surface area (Å²) >= 11 is 0. The summed E-state index contributed by atoms with van der Waals surface area (Å²) in [6.45, 7) is 10.6. The van der Waals surface area contributed by atoms with Crippen LogP contribution in [0.5, 0.6) is 0 Å². The molecule has 0 unspecified atom stereocenters. The lowest BCUT2D eigenvalue weighted by Crippen LogP contribution is -2.38. The summed E-state index contributed by atoms with van der Waals surface area (Å²) in [7, 11) is 0. The van der Waals surface area contributed by atoms with E-state index in [1.807, 2.05) is 20.8 Å². The summed E-state index contributed by atoms with van der Waals surface area (Å²) in [4.78, 5) is 22.7. The van der Waals surface area contributed by atoms with E-state index in [0.29, 0.717) is 6.42 Å². The van der Waals surface area contributed by atoms with Crippen LogP contribution in [0.15, 0.2) is 0 Å². The van der Waals surface area contributed by atoms with E-state index in [-0.39, 0.29) is 6.54 Å². The number of hydrogen-bond acceptors (Lipinski definition) is 4. The van der Waals surface area contributed by atoms with Crippen molar-refractivity contribution in [3.8, 4) is 0 Å². The van der Waals surface area contributed by atoms with Gasteiger partial charge < -0.3 is 14.8 Å². The molecule has 0 aliphatic rings. The normalized spacial score (nSPS) is 11.9. The zero-order valence-corrected chi connectivity index (χ0v) is 11.5. The van der Waals surface area contributed by atoms with Crippen molar-refractivity contribution in [3.63, 3.8) is 0 Å². The molecule has 0 aliphatic heterocycles. The average molecular weight is 245 g/mol. The van der Waals surface area contributed by atoms with Gasteiger partial charge in [0.15, 0.2) is 0 Å². The van der Waals surface area contributed by atoms with Crippen LogP contribution in [0.1, 0.15) is 48.0 Å². The molecule has 0 fully saturated rings. The second kappa shape index (κ2) is 5.89. The lowest BCUT2D eigenvalue weighted by Gasteiger charge is -2.24. The highest BCUT2D eigenvalue weighted by Gasteiger charge is 2.21. The Labute approximate surface area is 103 Å². The molecule has 5 nitrogen and oxygen atoms in total. The smallest absolute Gasteiger partial charge is 0.408 e. The monoisotopic (exact) mass is 245 g/mol. The largest absolute Gasteiger partial charge is 0.458 e. The number of carbonyl (C=O) groups is 2. The molecule has 0 saturated carbocycles. The van der Waals surface area contributed by atoms with Crippen molar-refractivity contribution < 1.29 is 19.1 Å². The first kappa shape index (κ1) is 15.7. The van der Waals surface area contributed by atoms with E-state index in [1.54, 1.807) is 20.8 Å². The molecule has 100 valence electrons. The molecule has 1 N–H and O–H groups in total. The van der Waals surface area contributed by atoms with Crippen molar-refractivity contribution in [1.29, 1.82) is 0 Å². The zero-order valence-electron chi connectivity index (χ0n) is 11.5. The van der Waals surface area contributed by atoms with E-state index < -0.39 is 23.3 Å². The third kappa shape index (κ3) is 8.54. The third-order valence-corrected chi connectivity index (χ3v) is 2.02. The average Bonchev–Trinajstić information content (AvgIpc) is 2.11. The molecule has 0 aliphatic carbocycles. The van der Waals surface area contributed by atoms with Gasteiger partial charge in [0.25, 0.3) is 0 Å². The van der Waals surface area contributed by atoms with Gasteiger partial charge in [0, 0.05) is 0 Å². The van der Waals surface area contributed by atoms with E-state index in [0.717, 1.165) is 0 Å². The number of nitrogens with one attached hydrogen (secondary N) is 1. The Kier molecular flexibility index (Phi) is 5.45. The van der Waals surface area contributed by atoms with E-state index in [2.05, 4.69) is 5.32 Å². The van der Waals surface area contributed by atoms with Gasteiger partial charge in [-0.05, 0) is 41.0 Å². The summed E-state index contributed by atoms with van der Waals surface area (Å²) in [5.41, 5.74) is -1.08. The summed E-state index contributed by atoms with van der Waals surface area (Å²) < 4.78 is 10.1. The highest BCUT2D eigenvalue weighted by Crippen LogP contribution is 2.13. The van der Waals surface area contributed by atoms with Gasteiger partial charge in [-0.2, -0.15) is 0 Å². The molecule has 1 amide bonds. The molecule has 0 aromatic rings. The van der Waals surface area contributed by atoms with Crippen LogP contribution in [0.3, 0.4) is 0 Å². The van der Waals surface area contributed by atoms with E-state index >= 15 is 0 Å². The number of rotatable bonds is 4. The van der Waals surface area contributed by atoms with Crippen LogP contribution in [0.2, 0.25) is 0 Å². The highest BCUT2D eigenvalue weighted by molar-refractivity contribution is 5.78. The minimum absolute atomic E-state index is 0.182. The van der Waals surface area contributed by atoms with Gasteiger partial charge in [-0.1, -0.05) is 6.92 Å².